The SMILES string of the molecule is CCCCn1c(NCCc2ccc(OC)c(OC)c2)c(/C=C2/SC(=S)N(C(C)CC)C2=O)c(C)c(C#N)c1=O. The number of hydrogen-bond acceptors (Lipinski definition) is 8. The van der Waals surface area contributed by atoms with Crippen LogP contribution in [0.2, 0.25) is 0 Å². The summed E-state index contributed by atoms with van der Waals surface area (Å²) in [5.74, 6) is 1.74. The Balaban J connectivity index is 2.06. The Bertz CT molecular complexity index is 1380. The van der Waals surface area contributed by atoms with E-state index in [-0.39, 0.29) is 23.1 Å². The first kappa shape index (κ1) is 30.3. The van der Waals surface area contributed by atoms with Crippen molar-refractivity contribution in [2.75, 3.05) is 26.1 Å². The Morgan fingerprint density at radius 2 is 1.92 bits per heavy atom. The van der Waals surface area contributed by atoms with Crippen LogP contribution in [0, 0.1) is 18.3 Å². The van der Waals surface area contributed by atoms with E-state index in [0.29, 0.717) is 57.2 Å². The quantitative estimate of drug-likeness (QED) is 0.265. The molecule has 1 N–H and O–H groups in total. The van der Waals surface area contributed by atoms with Gasteiger partial charge < -0.3 is 14.8 Å². The molecule has 0 spiro atoms. The molecule has 1 saturated heterocycles. The molecule has 3 rings (SSSR count). The fraction of sp³-hybridized carbons (Fsp3) is 0.448. The minimum absolute atomic E-state index is 0.0169. The van der Waals surface area contributed by atoms with Crippen LogP contribution in [0.1, 0.15) is 62.3 Å². The van der Waals surface area contributed by atoms with Crippen LogP contribution in [0.4, 0.5) is 5.82 Å². The van der Waals surface area contributed by atoms with Gasteiger partial charge in [0.2, 0.25) is 0 Å². The van der Waals surface area contributed by atoms with Gasteiger partial charge in [-0.3, -0.25) is 19.1 Å². The zero-order valence-electron chi connectivity index (χ0n) is 23.4. The molecular weight excluding hydrogens is 532 g/mol. The number of carbonyl (C=O) groups excluding carboxylic acids is 1. The third-order valence-electron chi connectivity index (χ3n) is 6.89. The third kappa shape index (κ3) is 6.48. The van der Waals surface area contributed by atoms with E-state index in [2.05, 4.69) is 18.3 Å². The minimum atomic E-state index is -0.332. The van der Waals surface area contributed by atoms with Crippen molar-refractivity contribution < 1.29 is 14.3 Å². The molecule has 0 radical (unpaired) electrons. The molecule has 2 aromatic rings. The Morgan fingerprint density at radius 1 is 1.21 bits per heavy atom. The van der Waals surface area contributed by atoms with Crippen molar-refractivity contribution in [3.8, 4) is 17.6 Å². The molecule has 1 aromatic heterocycles. The molecule has 0 bridgehead atoms. The number of ether oxygens (including phenoxy) is 2. The van der Waals surface area contributed by atoms with E-state index in [9.17, 15) is 14.9 Å². The number of aromatic nitrogens is 1. The second-order valence-corrected chi connectivity index (χ2v) is 11.0. The van der Waals surface area contributed by atoms with E-state index < -0.39 is 0 Å². The summed E-state index contributed by atoms with van der Waals surface area (Å²) in [5.41, 5.74) is 1.97. The van der Waals surface area contributed by atoms with E-state index in [1.165, 1.54) is 11.8 Å². The highest BCUT2D eigenvalue weighted by Gasteiger charge is 2.35. The van der Waals surface area contributed by atoms with E-state index >= 15 is 0 Å². The Hall–Kier alpha value is -3.29. The first-order chi connectivity index (χ1) is 18.7. The first-order valence-electron chi connectivity index (χ1n) is 13.1. The topological polar surface area (TPSA) is 96.6 Å². The smallest absolute Gasteiger partial charge is 0.270 e. The number of unbranched alkanes of at least 4 members (excludes halogenated alkanes) is 1. The maximum Gasteiger partial charge on any atom is 0.270 e. The van der Waals surface area contributed by atoms with Crippen LogP contribution in [-0.4, -0.2) is 46.5 Å². The van der Waals surface area contributed by atoms with Crippen LogP contribution < -0.4 is 20.3 Å². The monoisotopic (exact) mass is 568 g/mol. The highest BCUT2D eigenvalue weighted by molar-refractivity contribution is 8.26. The third-order valence-corrected chi connectivity index (χ3v) is 8.23. The molecule has 1 aromatic carbocycles. The number of nitriles is 1. The van der Waals surface area contributed by atoms with Gasteiger partial charge in [0, 0.05) is 24.7 Å². The summed E-state index contributed by atoms with van der Waals surface area (Å²) >= 11 is 6.77. The van der Waals surface area contributed by atoms with Crippen molar-refractivity contribution in [3.63, 3.8) is 0 Å². The van der Waals surface area contributed by atoms with Crippen molar-refractivity contribution in [2.45, 2.75) is 66.0 Å². The largest absolute Gasteiger partial charge is 0.493 e. The highest BCUT2D eigenvalue weighted by Crippen LogP contribution is 2.36. The summed E-state index contributed by atoms with van der Waals surface area (Å²) in [6.45, 7) is 8.76. The average molecular weight is 569 g/mol. The molecule has 1 atom stereocenters. The van der Waals surface area contributed by atoms with Crippen molar-refractivity contribution in [2.24, 2.45) is 0 Å². The fourth-order valence-electron chi connectivity index (χ4n) is 4.42. The average Bonchev–Trinajstić information content (AvgIpc) is 3.22. The number of thiocarbonyl (C=S) groups is 1. The van der Waals surface area contributed by atoms with E-state index in [4.69, 9.17) is 21.7 Å². The lowest BCUT2D eigenvalue weighted by atomic mass is 10.0. The van der Waals surface area contributed by atoms with Crippen LogP contribution >= 0.6 is 24.0 Å². The normalized spacial score (nSPS) is 15.0. The number of carbonyl (C=O) groups is 1. The predicted molar refractivity (Wildman–Crippen MR) is 162 cm³/mol. The second kappa shape index (κ2) is 13.7. The Kier molecular flexibility index (Phi) is 10.6. The summed E-state index contributed by atoms with van der Waals surface area (Å²) in [4.78, 5) is 28.8. The maximum atomic E-state index is 13.4. The lowest BCUT2D eigenvalue weighted by Crippen LogP contribution is -2.36. The van der Waals surface area contributed by atoms with Crippen LogP contribution in [0.5, 0.6) is 11.5 Å². The molecule has 10 heteroatoms. The first-order valence-corrected chi connectivity index (χ1v) is 14.3. The van der Waals surface area contributed by atoms with Crippen LogP contribution in [0.15, 0.2) is 27.9 Å². The highest BCUT2D eigenvalue weighted by atomic mass is 32.2. The number of methoxy groups -OCH3 is 2. The van der Waals surface area contributed by atoms with Gasteiger partial charge in [0.25, 0.3) is 11.5 Å². The molecule has 1 amide bonds. The van der Waals surface area contributed by atoms with Gasteiger partial charge in [-0.1, -0.05) is 50.3 Å². The van der Waals surface area contributed by atoms with Crippen molar-refractivity contribution >= 4 is 46.1 Å². The van der Waals surface area contributed by atoms with Gasteiger partial charge in [-0.2, -0.15) is 5.26 Å². The number of nitrogens with zero attached hydrogens (tertiary/aromatic N) is 3. The van der Waals surface area contributed by atoms with E-state index in [1.807, 2.05) is 32.0 Å². The van der Waals surface area contributed by atoms with Crippen LogP contribution in [0.25, 0.3) is 6.08 Å². The molecule has 1 aliphatic rings. The zero-order chi connectivity index (χ0) is 28.7. The molecule has 1 unspecified atom stereocenters. The van der Waals surface area contributed by atoms with Gasteiger partial charge in [0.1, 0.15) is 21.8 Å². The molecule has 0 saturated carbocycles. The number of rotatable bonds is 12. The minimum Gasteiger partial charge on any atom is -0.493 e. The summed E-state index contributed by atoms with van der Waals surface area (Å²) in [6.07, 6.45) is 4.86. The zero-order valence-corrected chi connectivity index (χ0v) is 25.1. The van der Waals surface area contributed by atoms with Crippen LogP contribution in [0.3, 0.4) is 0 Å². The molecule has 8 nitrogen and oxygen atoms in total. The van der Waals surface area contributed by atoms with E-state index in [0.717, 1.165) is 24.8 Å². The van der Waals surface area contributed by atoms with Gasteiger partial charge in [-0.05, 0) is 62.4 Å². The van der Waals surface area contributed by atoms with Crippen molar-refractivity contribution in [1.82, 2.24) is 9.47 Å². The molecule has 0 aliphatic carbocycles. The number of pyridine rings is 1. The summed E-state index contributed by atoms with van der Waals surface area (Å²) in [7, 11) is 3.20. The molecule has 2 heterocycles. The summed E-state index contributed by atoms with van der Waals surface area (Å²) < 4.78 is 12.9. The lowest BCUT2D eigenvalue weighted by Gasteiger charge is -2.22. The van der Waals surface area contributed by atoms with E-state index in [1.54, 1.807) is 36.7 Å². The number of amides is 1. The summed E-state index contributed by atoms with van der Waals surface area (Å²) in [6, 6.07) is 7.83. The maximum absolute atomic E-state index is 13.4. The molecule has 39 heavy (non-hydrogen) atoms. The van der Waals surface area contributed by atoms with Gasteiger partial charge in [-0.25, -0.2) is 0 Å². The van der Waals surface area contributed by atoms with Crippen LogP contribution in [-0.2, 0) is 17.8 Å². The Labute approximate surface area is 240 Å². The predicted octanol–water partition coefficient (Wildman–Crippen LogP) is 5.50. The lowest BCUT2D eigenvalue weighted by molar-refractivity contribution is -0.123. The molecular formula is C29H36N4O4S2. The number of hydrogen-bond donors (Lipinski definition) is 1. The van der Waals surface area contributed by atoms with Gasteiger partial charge >= 0.3 is 0 Å². The van der Waals surface area contributed by atoms with Crippen molar-refractivity contribution in [1.29, 1.82) is 5.26 Å². The molecule has 1 fully saturated rings. The van der Waals surface area contributed by atoms with Crippen molar-refractivity contribution in [3.05, 3.63) is 55.7 Å². The number of anilines is 1. The second-order valence-electron chi connectivity index (χ2n) is 9.36. The van der Waals surface area contributed by atoms with Gasteiger partial charge in [0.05, 0.1) is 19.1 Å². The summed E-state index contributed by atoms with van der Waals surface area (Å²) in [5, 5.41) is 13.3. The molecule has 208 valence electrons. The number of thioether (sulfide) groups is 1. The fourth-order valence-corrected chi connectivity index (χ4v) is 5.86. The molecule has 1 aliphatic heterocycles. The number of benzene rings is 1. The number of nitrogens with one attached hydrogen (secondary N) is 1. The Morgan fingerprint density at radius 3 is 2.54 bits per heavy atom. The standard InChI is InChI=1S/C29H36N4O4S2/c1-7-9-14-32-26(31-13-12-20-10-11-23(36-5)24(15-20)37-6)21(19(4)22(17-30)27(32)34)16-25-28(35)33(18(3)8-2)29(38)39-25/h10-11,15-16,18,31H,7-9,12-14H2,1-6H3/b25-16+. The van der Waals surface area contributed by atoms with Gasteiger partial charge in [-0.15, -0.1) is 0 Å². The van der Waals surface area contributed by atoms with Gasteiger partial charge in [0.15, 0.2) is 11.5 Å².